The van der Waals surface area contributed by atoms with Crippen LogP contribution in [0.3, 0.4) is 0 Å². The van der Waals surface area contributed by atoms with Crippen LogP contribution in [-0.2, 0) is 19.5 Å². The minimum absolute atomic E-state index is 0.257. The van der Waals surface area contributed by atoms with Crippen LogP contribution in [0.4, 0.5) is 0 Å². The van der Waals surface area contributed by atoms with Gasteiger partial charge in [0.05, 0.1) is 24.1 Å². The van der Waals surface area contributed by atoms with Gasteiger partial charge in [-0.15, -0.1) is 10.2 Å². The monoisotopic (exact) mass is 536 g/mol. The molecule has 4 aromatic heterocycles. The molecule has 0 spiro atoms. The van der Waals surface area contributed by atoms with Crippen LogP contribution in [0.1, 0.15) is 59.2 Å². The van der Waals surface area contributed by atoms with Crippen LogP contribution in [0, 0.1) is 0 Å². The number of pyridine rings is 1. The molecule has 0 radical (unpaired) electrons. The van der Waals surface area contributed by atoms with E-state index >= 15 is 0 Å². The van der Waals surface area contributed by atoms with Gasteiger partial charge in [0.15, 0.2) is 22.8 Å². The van der Waals surface area contributed by atoms with E-state index in [9.17, 15) is 4.79 Å². The average Bonchev–Trinajstić information content (AvgIpc) is 3.37. The van der Waals surface area contributed by atoms with Crippen LogP contribution in [0.15, 0.2) is 54.9 Å². The number of aromatic nitrogens is 7. The highest BCUT2D eigenvalue weighted by Gasteiger charge is 2.30. The fourth-order valence-corrected chi connectivity index (χ4v) is 5.07. The summed E-state index contributed by atoms with van der Waals surface area (Å²) < 4.78 is 12.9. The molecule has 2 aliphatic rings. The highest BCUT2D eigenvalue weighted by Crippen LogP contribution is 2.47. The lowest BCUT2D eigenvalue weighted by Gasteiger charge is -2.06. The maximum atomic E-state index is 12.4. The van der Waals surface area contributed by atoms with Crippen molar-refractivity contribution in [3.05, 3.63) is 77.6 Å². The van der Waals surface area contributed by atoms with E-state index in [0.717, 1.165) is 58.7 Å². The molecule has 1 aliphatic carbocycles. The van der Waals surface area contributed by atoms with Crippen molar-refractivity contribution in [1.82, 2.24) is 40.5 Å². The molecule has 11 heteroatoms. The first kappa shape index (κ1) is 24.3. The van der Waals surface area contributed by atoms with E-state index in [-0.39, 0.29) is 12.7 Å². The Morgan fingerprint density at radius 2 is 1.95 bits per heavy atom. The number of nitrogens with one attached hydrogen (secondary N) is 2. The summed E-state index contributed by atoms with van der Waals surface area (Å²) in [5, 5.41) is 21.1. The van der Waals surface area contributed by atoms with Crippen molar-refractivity contribution in [2.24, 2.45) is 0 Å². The standard InChI is InChI=1S/C29H28N8O3/c38-29(31-15-21-6-1-3-11-30-21)23-16-37(36-34-23)12-4-2-5-20-14-22-26(19-9-10-24-25(13-19)40-17-39-24)27(18-7-8-18)32-28(22)35-33-20/h1,3,6,9-11,13-14,16,18H,2,4-5,7-8,12,15,17H2,(H,31,38)(H,32,35). The molecule has 7 rings (SSSR count). The normalized spacial score (nSPS) is 14.1. The van der Waals surface area contributed by atoms with Crippen molar-refractivity contribution in [2.75, 3.05) is 6.79 Å². The van der Waals surface area contributed by atoms with E-state index in [2.05, 4.69) is 54.0 Å². The Kier molecular flexibility index (Phi) is 6.31. The number of hydrogen-bond donors (Lipinski definition) is 2. The fourth-order valence-electron chi connectivity index (χ4n) is 5.07. The predicted molar refractivity (Wildman–Crippen MR) is 146 cm³/mol. The molecule has 1 aliphatic heterocycles. The lowest BCUT2D eigenvalue weighted by atomic mass is 9.99. The van der Waals surface area contributed by atoms with E-state index in [4.69, 9.17) is 9.47 Å². The van der Waals surface area contributed by atoms with Crippen molar-refractivity contribution >= 4 is 16.9 Å². The van der Waals surface area contributed by atoms with Crippen molar-refractivity contribution in [3.63, 3.8) is 0 Å². The van der Waals surface area contributed by atoms with Crippen LogP contribution >= 0.6 is 0 Å². The molecule has 40 heavy (non-hydrogen) atoms. The summed E-state index contributed by atoms with van der Waals surface area (Å²) in [5.41, 5.74) is 6.36. The zero-order chi connectivity index (χ0) is 26.9. The van der Waals surface area contributed by atoms with E-state index in [1.54, 1.807) is 17.1 Å². The topological polar surface area (TPSA) is 133 Å². The van der Waals surface area contributed by atoms with Crippen molar-refractivity contribution in [2.45, 2.75) is 51.1 Å². The molecule has 1 saturated carbocycles. The summed E-state index contributed by atoms with van der Waals surface area (Å²) in [6.07, 6.45) is 8.30. The first-order valence-corrected chi connectivity index (χ1v) is 13.6. The van der Waals surface area contributed by atoms with Gasteiger partial charge in [0, 0.05) is 29.4 Å². The van der Waals surface area contributed by atoms with Gasteiger partial charge in [-0.2, -0.15) is 5.10 Å². The quantitative estimate of drug-likeness (QED) is 0.254. The van der Waals surface area contributed by atoms with Crippen LogP contribution in [0.5, 0.6) is 11.5 Å². The van der Waals surface area contributed by atoms with Gasteiger partial charge in [-0.05, 0) is 73.9 Å². The molecule has 11 nitrogen and oxygen atoms in total. The Morgan fingerprint density at radius 1 is 1.02 bits per heavy atom. The molecule has 5 heterocycles. The number of amides is 1. The summed E-state index contributed by atoms with van der Waals surface area (Å²) in [6.45, 7) is 1.26. The number of aromatic amines is 1. The Labute approximate surface area is 229 Å². The molecule has 1 aromatic carbocycles. The van der Waals surface area contributed by atoms with E-state index < -0.39 is 0 Å². The SMILES string of the molecule is O=C(NCc1ccccn1)c1cn(CCCCc2cc3c(-c4ccc5c(c4)OCO5)c(C4CC4)[nH]c3nn2)nn1. The zero-order valence-electron chi connectivity index (χ0n) is 21.8. The smallest absolute Gasteiger partial charge is 0.273 e. The molecule has 0 unspecified atom stereocenters. The van der Waals surface area contributed by atoms with Crippen LogP contribution in [0.2, 0.25) is 0 Å². The van der Waals surface area contributed by atoms with Crippen LogP contribution < -0.4 is 14.8 Å². The molecular weight excluding hydrogens is 508 g/mol. The molecule has 202 valence electrons. The number of benzene rings is 1. The Hall–Kier alpha value is -4.80. The molecule has 0 atom stereocenters. The molecule has 2 N–H and O–H groups in total. The molecule has 1 amide bonds. The van der Waals surface area contributed by atoms with E-state index in [0.29, 0.717) is 24.7 Å². The highest BCUT2D eigenvalue weighted by atomic mass is 16.7. The highest BCUT2D eigenvalue weighted by molar-refractivity contribution is 5.96. The number of hydrogen-bond acceptors (Lipinski definition) is 8. The summed E-state index contributed by atoms with van der Waals surface area (Å²) in [4.78, 5) is 20.1. The van der Waals surface area contributed by atoms with Crippen LogP contribution in [-0.4, -0.2) is 47.9 Å². The lowest BCUT2D eigenvalue weighted by molar-refractivity contribution is 0.0945. The number of nitrogens with zero attached hydrogens (tertiary/aromatic N) is 6. The third-order valence-electron chi connectivity index (χ3n) is 7.28. The molecule has 0 saturated heterocycles. The summed E-state index contributed by atoms with van der Waals surface area (Å²) in [7, 11) is 0. The first-order valence-electron chi connectivity index (χ1n) is 13.6. The number of H-pyrrole nitrogens is 1. The Bertz CT molecular complexity index is 1680. The van der Waals surface area contributed by atoms with Crippen molar-refractivity contribution in [3.8, 4) is 22.6 Å². The van der Waals surface area contributed by atoms with Crippen LogP contribution in [0.25, 0.3) is 22.2 Å². The minimum atomic E-state index is -0.268. The first-order chi connectivity index (χ1) is 19.7. The number of carbonyl (C=O) groups is 1. The summed E-state index contributed by atoms with van der Waals surface area (Å²) in [6, 6.07) is 13.9. The maximum Gasteiger partial charge on any atom is 0.273 e. The van der Waals surface area contributed by atoms with Gasteiger partial charge in [-0.3, -0.25) is 14.5 Å². The third-order valence-corrected chi connectivity index (χ3v) is 7.28. The second-order valence-electron chi connectivity index (χ2n) is 10.2. The van der Waals surface area contributed by atoms with Gasteiger partial charge >= 0.3 is 0 Å². The Morgan fingerprint density at radius 3 is 2.83 bits per heavy atom. The second-order valence-corrected chi connectivity index (χ2v) is 10.2. The summed E-state index contributed by atoms with van der Waals surface area (Å²) in [5.74, 6) is 1.82. The number of carbonyl (C=O) groups excluding carboxylic acids is 1. The van der Waals surface area contributed by atoms with E-state index in [1.807, 2.05) is 24.3 Å². The van der Waals surface area contributed by atoms with Gasteiger partial charge in [-0.25, -0.2) is 0 Å². The fraction of sp³-hybridized carbons (Fsp3) is 0.310. The van der Waals surface area contributed by atoms with Gasteiger partial charge < -0.3 is 19.8 Å². The molecule has 5 aromatic rings. The van der Waals surface area contributed by atoms with Gasteiger partial charge in [0.25, 0.3) is 5.91 Å². The Balaban J connectivity index is 0.992. The molecular formula is C29H28N8O3. The van der Waals surface area contributed by atoms with Gasteiger partial charge in [0.2, 0.25) is 6.79 Å². The molecule has 1 fully saturated rings. The number of unbranched alkanes of at least 4 members (excludes halogenated alkanes) is 1. The maximum absolute atomic E-state index is 12.4. The largest absolute Gasteiger partial charge is 0.454 e. The number of aryl methyl sites for hydroxylation is 2. The third kappa shape index (κ3) is 4.97. The van der Waals surface area contributed by atoms with Gasteiger partial charge in [0.1, 0.15) is 0 Å². The lowest BCUT2D eigenvalue weighted by Crippen LogP contribution is -2.23. The second kappa shape index (κ2) is 10.4. The van der Waals surface area contributed by atoms with Crippen molar-refractivity contribution < 1.29 is 14.3 Å². The van der Waals surface area contributed by atoms with Crippen molar-refractivity contribution in [1.29, 1.82) is 0 Å². The number of fused-ring (bicyclic) bond motifs is 2. The number of rotatable bonds is 10. The van der Waals surface area contributed by atoms with E-state index in [1.165, 1.54) is 24.1 Å². The predicted octanol–water partition coefficient (Wildman–Crippen LogP) is 4.17. The summed E-state index contributed by atoms with van der Waals surface area (Å²) >= 11 is 0. The number of ether oxygens (including phenoxy) is 2. The zero-order valence-corrected chi connectivity index (χ0v) is 21.8. The minimum Gasteiger partial charge on any atom is -0.454 e. The molecule has 0 bridgehead atoms. The average molecular weight is 537 g/mol. The van der Waals surface area contributed by atoms with Gasteiger partial charge in [-0.1, -0.05) is 17.3 Å².